The van der Waals surface area contributed by atoms with Crippen LogP contribution in [-0.4, -0.2) is 76.0 Å². The molecular formula is C23H22ClN5O6. The molecule has 0 aliphatic carbocycles. The van der Waals surface area contributed by atoms with E-state index in [4.69, 9.17) is 16.3 Å². The lowest BCUT2D eigenvalue weighted by Crippen LogP contribution is -2.56. The smallest absolute Gasteiger partial charge is 0.262 e. The zero-order chi connectivity index (χ0) is 24.7. The second kappa shape index (κ2) is 9.46. The van der Waals surface area contributed by atoms with E-state index in [2.05, 4.69) is 15.3 Å². The monoisotopic (exact) mass is 499 g/mol. The number of aliphatic hydroxyl groups excluding tert-OH is 4. The summed E-state index contributed by atoms with van der Waals surface area (Å²) in [6.07, 6.45) is -5.39. The molecule has 0 bridgehead atoms. The molecule has 0 spiro atoms. The van der Waals surface area contributed by atoms with Crippen LogP contribution in [0.2, 0.25) is 5.02 Å². The van der Waals surface area contributed by atoms with Crippen molar-refractivity contribution in [3.8, 4) is 11.4 Å². The SMILES string of the molecule is O=c1c2ccc(Cl)cc2nc(-c2ccccc2)n1Cc1cn([C@@H]2O[C@H](CO)[C@@H](O)[C@H](O)[C@H]2O)nn1. The molecule has 5 rings (SSSR count). The van der Waals surface area contributed by atoms with Crippen molar-refractivity contribution < 1.29 is 25.2 Å². The zero-order valence-corrected chi connectivity index (χ0v) is 19.0. The highest BCUT2D eigenvalue weighted by Crippen LogP contribution is 2.28. The van der Waals surface area contributed by atoms with Crippen molar-refractivity contribution in [1.29, 1.82) is 0 Å². The number of ether oxygens (including phenoxy) is 1. The maximum Gasteiger partial charge on any atom is 0.262 e. The van der Waals surface area contributed by atoms with Gasteiger partial charge in [0.1, 0.15) is 35.9 Å². The Balaban J connectivity index is 1.54. The summed E-state index contributed by atoms with van der Waals surface area (Å²) < 4.78 is 8.17. The molecule has 0 unspecified atom stereocenters. The average molecular weight is 500 g/mol. The lowest BCUT2D eigenvalue weighted by molar-refractivity contribution is -0.254. The summed E-state index contributed by atoms with van der Waals surface area (Å²) in [5, 5.41) is 48.8. The number of rotatable bonds is 5. The normalized spacial score (nSPS) is 24.7. The number of nitrogens with zero attached hydrogens (tertiary/aromatic N) is 5. The van der Waals surface area contributed by atoms with Gasteiger partial charge in [-0.15, -0.1) is 5.10 Å². The van der Waals surface area contributed by atoms with E-state index in [-0.39, 0.29) is 12.1 Å². The molecule has 11 nitrogen and oxygen atoms in total. The maximum absolute atomic E-state index is 13.4. The molecule has 35 heavy (non-hydrogen) atoms. The van der Waals surface area contributed by atoms with E-state index in [1.807, 2.05) is 30.3 Å². The molecular weight excluding hydrogens is 478 g/mol. The number of halogens is 1. The second-order valence-corrected chi connectivity index (χ2v) is 8.70. The van der Waals surface area contributed by atoms with Crippen LogP contribution in [0.15, 0.2) is 59.5 Å². The van der Waals surface area contributed by atoms with Gasteiger partial charge in [0.15, 0.2) is 6.23 Å². The van der Waals surface area contributed by atoms with Gasteiger partial charge >= 0.3 is 0 Å². The number of aromatic nitrogens is 5. The van der Waals surface area contributed by atoms with Crippen molar-refractivity contribution in [3.63, 3.8) is 0 Å². The van der Waals surface area contributed by atoms with Gasteiger partial charge < -0.3 is 25.2 Å². The standard InChI is InChI=1S/C23H22ClN5O6/c24-13-6-7-15-16(8-13)25-21(12-4-2-1-3-5-12)28(22(15)34)9-14-10-29(27-26-14)23-20(33)19(32)18(31)17(11-30)35-23/h1-8,10,17-20,23,30-33H,9,11H2/t17-,18-,19+,20-,23-/m1/s1. The van der Waals surface area contributed by atoms with Crippen LogP contribution >= 0.6 is 11.6 Å². The summed E-state index contributed by atoms with van der Waals surface area (Å²) in [4.78, 5) is 18.1. The Morgan fingerprint density at radius 1 is 1.03 bits per heavy atom. The largest absolute Gasteiger partial charge is 0.394 e. The Bertz CT molecular complexity index is 1410. The van der Waals surface area contributed by atoms with Crippen molar-refractivity contribution in [2.75, 3.05) is 6.61 Å². The van der Waals surface area contributed by atoms with Gasteiger partial charge in [-0.05, 0) is 18.2 Å². The summed E-state index contributed by atoms with van der Waals surface area (Å²) >= 11 is 6.12. The molecule has 1 aliphatic rings. The highest BCUT2D eigenvalue weighted by molar-refractivity contribution is 6.31. The first-order chi connectivity index (χ1) is 16.9. The van der Waals surface area contributed by atoms with E-state index in [0.717, 1.165) is 0 Å². The minimum Gasteiger partial charge on any atom is -0.394 e. The summed E-state index contributed by atoms with van der Waals surface area (Å²) in [5.74, 6) is 0.410. The molecule has 2 aromatic carbocycles. The van der Waals surface area contributed by atoms with Gasteiger partial charge in [-0.25, -0.2) is 9.67 Å². The number of hydrogen-bond acceptors (Lipinski definition) is 9. The van der Waals surface area contributed by atoms with E-state index in [9.17, 15) is 25.2 Å². The van der Waals surface area contributed by atoms with Crippen LogP contribution in [0.25, 0.3) is 22.3 Å². The molecule has 3 heterocycles. The minimum atomic E-state index is -1.55. The molecule has 12 heteroatoms. The Kier molecular flexibility index (Phi) is 6.36. The third-order valence-electron chi connectivity index (χ3n) is 5.95. The van der Waals surface area contributed by atoms with E-state index in [0.29, 0.717) is 33.0 Å². The van der Waals surface area contributed by atoms with Gasteiger partial charge in [0.25, 0.3) is 5.56 Å². The predicted molar refractivity (Wildman–Crippen MR) is 125 cm³/mol. The number of benzene rings is 2. The van der Waals surface area contributed by atoms with Crippen LogP contribution in [0.4, 0.5) is 0 Å². The highest BCUT2D eigenvalue weighted by Gasteiger charge is 2.44. The van der Waals surface area contributed by atoms with Gasteiger partial charge in [-0.1, -0.05) is 47.1 Å². The van der Waals surface area contributed by atoms with Gasteiger partial charge in [-0.2, -0.15) is 0 Å². The van der Waals surface area contributed by atoms with Crippen molar-refractivity contribution in [1.82, 2.24) is 24.5 Å². The van der Waals surface area contributed by atoms with E-state index in [1.165, 1.54) is 15.4 Å². The van der Waals surface area contributed by atoms with E-state index in [1.54, 1.807) is 18.2 Å². The Morgan fingerprint density at radius 2 is 1.80 bits per heavy atom. The van der Waals surface area contributed by atoms with Crippen LogP contribution in [-0.2, 0) is 11.3 Å². The molecule has 4 N–H and O–H groups in total. The predicted octanol–water partition coefficient (Wildman–Crippen LogP) is 0.329. The molecule has 0 saturated carbocycles. The first kappa shape index (κ1) is 23.5. The third-order valence-corrected chi connectivity index (χ3v) is 6.19. The Morgan fingerprint density at radius 3 is 2.54 bits per heavy atom. The summed E-state index contributed by atoms with van der Waals surface area (Å²) in [6.45, 7) is -0.558. The third kappa shape index (κ3) is 4.33. The summed E-state index contributed by atoms with van der Waals surface area (Å²) in [6, 6.07) is 14.1. The van der Waals surface area contributed by atoms with Gasteiger partial charge in [-0.3, -0.25) is 9.36 Å². The van der Waals surface area contributed by atoms with Gasteiger partial charge in [0, 0.05) is 10.6 Å². The van der Waals surface area contributed by atoms with Crippen LogP contribution in [0.1, 0.15) is 11.9 Å². The van der Waals surface area contributed by atoms with Crippen LogP contribution in [0.3, 0.4) is 0 Å². The van der Waals surface area contributed by atoms with Crippen molar-refractivity contribution >= 4 is 22.5 Å². The fraction of sp³-hybridized carbons (Fsp3) is 0.304. The number of hydrogen-bond donors (Lipinski definition) is 4. The highest BCUT2D eigenvalue weighted by atomic mass is 35.5. The molecule has 5 atom stereocenters. The molecule has 1 saturated heterocycles. The van der Waals surface area contributed by atoms with E-state index >= 15 is 0 Å². The topological polar surface area (TPSA) is 156 Å². The molecule has 0 radical (unpaired) electrons. The number of fused-ring (bicyclic) bond motifs is 1. The van der Waals surface area contributed by atoms with Crippen LogP contribution < -0.4 is 5.56 Å². The maximum atomic E-state index is 13.4. The van der Waals surface area contributed by atoms with Gasteiger partial charge in [0.05, 0.1) is 30.3 Å². The molecule has 1 aliphatic heterocycles. The Hall–Kier alpha value is -3.19. The van der Waals surface area contributed by atoms with Crippen LogP contribution in [0.5, 0.6) is 0 Å². The van der Waals surface area contributed by atoms with Crippen molar-refractivity contribution in [2.45, 2.75) is 37.2 Å². The lowest BCUT2D eigenvalue weighted by Gasteiger charge is -2.39. The van der Waals surface area contributed by atoms with Crippen LogP contribution in [0, 0.1) is 0 Å². The quantitative estimate of drug-likeness (QED) is 0.304. The molecule has 4 aromatic rings. The molecule has 182 valence electrons. The molecule has 2 aromatic heterocycles. The first-order valence-electron chi connectivity index (χ1n) is 10.8. The zero-order valence-electron chi connectivity index (χ0n) is 18.2. The fourth-order valence-electron chi connectivity index (χ4n) is 4.12. The first-order valence-corrected chi connectivity index (χ1v) is 11.2. The average Bonchev–Trinajstić information content (AvgIpc) is 3.33. The molecule has 1 fully saturated rings. The molecule has 0 amide bonds. The fourth-order valence-corrected chi connectivity index (χ4v) is 4.29. The van der Waals surface area contributed by atoms with Crippen molar-refractivity contribution in [2.24, 2.45) is 0 Å². The summed E-state index contributed by atoms with van der Waals surface area (Å²) in [5.41, 5.74) is 1.24. The number of aliphatic hydroxyl groups is 4. The van der Waals surface area contributed by atoms with E-state index < -0.39 is 37.3 Å². The second-order valence-electron chi connectivity index (χ2n) is 8.26. The Labute approximate surface area is 203 Å². The van der Waals surface area contributed by atoms with Crippen molar-refractivity contribution in [3.05, 3.63) is 75.8 Å². The van der Waals surface area contributed by atoms with Gasteiger partial charge in [0.2, 0.25) is 0 Å². The summed E-state index contributed by atoms with van der Waals surface area (Å²) in [7, 11) is 0. The lowest BCUT2D eigenvalue weighted by atomic mass is 9.98. The minimum absolute atomic E-state index is 0.00600.